The monoisotopic (exact) mass is 216 g/mol. The molecule has 0 rings (SSSR count). The van der Waals surface area contributed by atoms with Crippen molar-refractivity contribution in [3.63, 3.8) is 0 Å². The Morgan fingerprint density at radius 2 is 2.00 bits per heavy atom. The summed E-state index contributed by atoms with van der Waals surface area (Å²) in [5, 5.41) is 11.4. The number of carbonyl (C=O) groups is 1. The molecule has 0 aliphatic heterocycles. The number of hydrogen-bond donors (Lipinski definition) is 3. The summed E-state index contributed by atoms with van der Waals surface area (Å²) in [6.45, 7) is 3.38. The number of rotatable bonds is 9. The van der Waals surface area contributed by atoms with Gasteiger partial charge in [0.2, 0.25) is 5.91 Å². The zero-order valence-electron chi connectivity index (χ0n) is 9.67. The van der Waals surface area contributed by atoms with Gasteiger partial charge < -0.3 is 16.2 Å². The minimum Gasteiger partial charge on any atom is -0.396 e. The molecule has 4 nitrogen and oxygen atoms in total. The fourth-order valence-corrected chi connectivity index (χ4v) is 1.41. The lowest BCUT2D eigenvalue weighted by Crippen LogP contribution is -2.35. The Bertz CT molecular complexity index is 159. The highest BCUT2D eigenvalue weighted by Gasteiger charge is 2.12. The van der Waals surface area contributed by atoms with Gasteiger partial charge >= 0.3 is 0 Å². The number of hydrogen-bond acceptors (Lipinski definition) is 3. The van der Waals surface area contributed by atoms with Crippen molar-refractivity contribution in [1.29, 1.82) is 0 Å². The van der Waals surface area contributed by atoms with E-state index in [9.17, 15) is 4.79 Å². The third-order valence-electron chi connectivity index (χ3n) is 2.53. The van der Waals surface area contributed by atoms with Crippen LogP contribution in [0.25, 0.3) is 0 Å². The van der Waals surface area contributed by atoms with Crippen molar-refractivity contribution in [2.24, 2.45) is 11.7 Å². The topological polar surface area (TPSA) is 75.4 Å². The molecule has 1 amide bonds. The molecule has 0 bridgehead atoms. The van der Waals surface area contributed by atoms with Crippen molar-refractivity contribution >= 4 is 5.91 Å². The second-order valence-electron chi connectivity index (χ2n) is 3.77. The van der Waals surface area contributed by atoms with E-state index < -0.39 is 0 Å². The molecule has 1 unspecified atom stereocenters. The van der Waals surface area contributed by atoms with Crippen LogP contribution >= 0.6 is 0 Å². The quantitative estimate of drug-likeness (QED) is 0.495. The predicted octanol–water partition coefficient (Wildman–Crippen LogP) is 0.640. The van der Waals surface area contributed by atoms with Crippen molar-refractivity contribution in [3.8, 4) is 0 Å². The predicted molar refractivity (Wildman–Crippen MR) is 61.4 cm³/mol. The van der Waals surface area contributed by atoms with Gasteiger partial charge in [0.05, 0.1) is 0 Å². The molecule has 90 valence electrons. The fraction of sp³-hybridized carbons (Fsp3) is 0.909. The molecule has 0 fully saturated rings. The molecule has 0 saturated carbocycles. The van der Waals surface area contributed by atoms with Gasteiger partial charge in [0, 0.05) is 25.6 Å². The van der Waals surface area contributed by atoms with Crippen molar-refractivity contribution in [1.82, 2.24) is 5.32 Å². The van der Waals surface area contributed by atoms with Crippen LogP contribution in [0.5, 0.6) is 0 Å². The highest BCUT2D eigenvalue weighted by molar-refractivity contribution is 5.78. The van der Waals surface area contributed by atoms with Crippen LogP contribution in [0.1, 0.15) is 39.0 Å². The molecule has 1 atom stereocenters. The van der Waals surface area contributed by atoms with Crippen LogP contribution in [0.2, 0.25) is 0 Å². The van der Waals surface area contributed by atoms with Crippen molar-refractivity contribution < 1.29 is 9.90 Å². The van der Waals surface area contributed by atoms with Gasteiger partial charge in [0.1, 0.15) is 0 Å². The van der Waals surface area contributed by atoms with E-state index in [-0.39, 0.29) is 18.4 Å². The average molecular weight is 216 g/mol. The first kappa shape index (κ1) is 14.4. The number of carbonyl (C=O) groups excluding carboxylic acids is 1. The molecule has 0 aliphatic rings. The highest BCUT2D eigenvalue weighted by Crippen LogP contribution is 2.01. The maximum absolute atomic E-state index is 11.5. The molecule has 4 N–H and O–H groups in total. The maximum atomic E-state index is 11.5. The van der Waals surface area contributed by atoms with Gasteiger partial charge in [-0.2, -0.15) is 0 Å². The van der Waals surface area contributed by atoms with E-state index in [1.165, 1.54) is 0 Å². The van der Waals surface area contributed by atoms with Crippen LogP contribution in [0.3, 0.4) is 0 Å². The van der Waals surface area contributed by atoms with E-state index in [1.807, 2.05) is 6.92 Å². The second kappa shape index (κ2) is 9.93. The summed E-state index contributed by atoms with van der Waals surface area (Å²) in [4.78, 5) is 11.5. The number of nitrogens with one attached hydrogen (secondary N) is 1. The molecule has 4 heteroatoms. The lowest BCUT2D eigenvalue weighted by molar-refractivity contribution is -0.124. The van der Waals surface area contributed by atoms with E-state index in [1.54, 1.807) is 0 Å². The lowest BCUT2D eigenvalue weighted by atomic mass is 10.1. The number of unbranched alkanes of at least 4 members (excludes halogenated alkanes) is 3. The summed E-state index contributed by atoms with van der Waals surface area (Å²) in [7, 11) is 0. The first-order valence-electron chi connectivity index (χ1n) is 5.84. The molecule has 0 radical (unpaired) electrons. The Hall–Kier alpha value is -0.610. The zero-order valence-corrected chi connectivity index (χ0v) is 9.67. The van der Waals surface area contributed by atoms with Crippen molar-refractivity contribution in [2.75, 3.05) is 19.7 Å². The third kappa shape index (κ3) is 7.33. The van der Waals surface area contributed by atoms with Crippen LogP contribution in [0.15, 0.2) is 0 Å². The molecule has 0 aliphatic carbocycles. The van der Waals surface area contributed by atoms with Gasteiger partial charge in [-0.1, -0.05) is 19.8 Å². The van der Waals surface area contributed by atoms with Crippen LogP contribution in [-0.2, 0) is 4.79 Å². The summed E-state index contributed by atoms with van der Waals surface area (Å²) in [6.07, 6.45) is 4.72. The lowest BCUT2D eigenvalue weighted by Gasteiger charge is -2.12. The van der Waals surface area contributed by atoms with Crippen LogP contribution in [0.4, 0.5) is 0 Å². The third-order valence-corrected chi connectivity index (χ3v) is 2.53. The Morgan fingerprint density at radius 3 is 2.53 bits per heavy atom. The van der Waals surface area contributed by atoms with Gasteiger partial charge in [0.15, 0.2) is 0 Å². The molecular weight excluding hydrogens is 192 g/mol. The van der Waals surface area contributed by atoms with E-state index in [0.717, 1.165) is 38.6 Å². The van der Waals surface area contributed by atoms with Gasteiger partial charge in [-0.25, -0.2) is 0 Å². The summed E-state index contributed by atoms with van der Waals surface area (Å²) in [5.74, 6) is 0.0320. The minimum absolute atomic E-state index is 0.0394. The first-order chi connectivity index (χ1) is 7.26. The molecule has 15 heavy (non-hydrogen) atoms. The molecule has 0 saturated heterocycles. The SMILES string of the molecule is CCC(CN)C(=O)NCCCCCCO. The molecule has 0 aromatic heterocycles. The summed E-state index contributed by atoms with van der Waals surface area (Å²) >= 11 is 0. The molecule has 0 heterocycles. The van der Waals surface area contributed by atoms with Gasteiger partial charge in [-0.15, -0.1) is 0 Å². The van der Waals surface area contributed by atoms with Gasteiger partial charge in [-0.05, 0) is 19.3 Å². The Labute approximate surface area is 92.2 Å². The van der Waals surface area contributed by atoms with Crippen molar-refractivity contribution in [2.45, 2.75) is 39.0 Å². The Kier molecular flexibility index (Phi) is 9.52. The minimum atomic E-state index is -0.0394. The largest absolute Gasteiger partial charge is 0.396 e. The average Bonchev–Trinajstić information content (AvgIpc) is 2.25. The summed E-state index contributed by atoms with van der Waals surface area (Å²) in [5.41, 5.74) is 5.47. The van der Waals surface area contributed by atoms with Crippen molar-refractivity contribution in [3.05, 3.63) is 0 Å². The number of aliphatic hydroxyl groups is 1. The fourth-order valence-electron chi connectivity index (χ4n) is 1.41. The normalized spacial score (nSPS) is 12.5. The van der Waals surface area contributed by atoms with E-state index in [0.29, 0.717) is 6.54 Å². The van der Waals surface area contributed by atoms with Crippen LogP contribution in [-0.4, -0.2) is 30.7 Å². The van der Waals surface area contributed by atoms with Gasteiger partial charge in [0.25, 0.3) is 0 Å². The summed E-state index contributed by atoms with van der Waals surface area (Å²) in [6, 6.07) is 0. The molecule has 0 aromatic rings. The molecule has 0 spiro atoms. The van der Waals surface area contributed by atoms with E-state index in [2.05, 4.69) is 5.32 Å². The second-order valence-corrected chi connectivity index (χ2v) is 3.77. The standard InChI is InChI=1S/C11H24N2O2/c1-2-10(9-12)11(15)13-7-5-3-4-6-8-14/h10,14H,2-9,12H2,1H3,(H,13,15). The molecule has 0 aromatic carbocycles. The number of amides is 1. The summed E-state index contributed by atoms with van der Waals surface area (Å²) < 4.78 is 0. The molecular formula is C11H24N2O2. The maximum Gasteiger partial charge on any atom is 0.224 e. The zero-order chi connectivity index (χ0) is 11.5. The Morgan fingerprint density at radius 1 is 1.33 bits per heavy atom. The number of nitrogens with two attached hydrogens (primary N) is 1. The first-order valence-corrected chi connectivity index (χ1v) is 5.84. The van der Waals surface area contributed by atoms with E-state index >= 15 is 0 Å². The van der Waals surface area contributed by atoms with Gasteiger partial charge in [-0.3, -0.25) is 4.79 Å². The smallest absolute Gasteiger partial charge is 0.224 e. The Balaban J connectivity index is 3.38. The van der Waals surface area contributed by atoms with Crippen LogP contribution < -0.4 is 11.1 Å². The number of aliphatic hydroxyl groups excluding tert-OH is 1. The van der Waals surface area contributed by atoms with Crippen LogP contribution in [0, 0.1) is 5.92 Å². The highest BCUT2D eigenvalue weighted by atomic mass is 16.2. The van der Waals surface area contributed by atoms with E-state index in [4.69, 9.17) is 10.8 Å².